The quantitative estimate of drug-likeness (QED) is 0.495. The molecule has 1 aromatic carbocycles. The number of hydrogen-bond acceptors (Lipinski definition) is 6. The zero-order valence-electron chi connectivity index (χ0n) is 10.2. The number of phenolic OH excluding ortho intramolecular Hbond substituents is 1. The van der Waals surface area contributed by atoms with Gasteiger partial charge in [-0.3, -0.25) is 10.1 Å². The number of aromatic hydroxyl groups is 1. The largest absolute Gasteiger partial charge is 0.508 e. The Kier molecular flexibility index (Phi) is 3.56. The highest BCUT2D eigenvalue weighted by atomic mass is 16.6. The van der Waals surface area contributed by atoms with Crippen molar-refractivity contribution in [2.75, 3.05) is 5.32 Å². The number of nitrogens with zero attached hydrogens (tertiary/aromatic N) is 3. The highest BCUT2D eigenvalue weighted by Crippen LogP contribution is 2.28. The number of aromatic nitrogens is 2. The maximum atomic E-state index is 10.9. The normalized spacial score (nSPS) is 10.2. The lowest BCUT2D eigenvalue weighted by Gasteiger charge is -2.07. The molecular formula is C12H12N4O3. The van der Waals surface area contributed by atoms with E-state index in [0.29, 0.717) is 18.1 Å². The first kappa shape index (κ1) is 12.7. The van der Waals surface area contributed by atoms with Crippen LogP contribution in [0.2, 0.25) is 0 Å². The Hall–Kier alpha value is -2.70. The summed E-state index contributed by atoms with van der Waals surface area (Å²) >= 11 is 0. The Labute approximate surface area is 109 Å². The van der Waals surface area contributed by atoms with E-state index in [1.165, 1.54) is 12.1 Å². The van der Waals surface area contributed by atoms with E-state index in [1.54, 1.807) is 19.2 Å². The summed E-state index contributed by atoms with van der Waals surface area (Å²) in [5.74, 6) is 0.495. The van der Waals surface area contributed by atoms with E-state index in [0.717, 1.165) is 11.8 Å². The minimum Gasteiger partial charge on any atom is -0.508 e. The summed E-state index contributed by atoms with van der Waals surface area (Å²) in [4.78, 5) is 18.5. The highest BCUT2D eigenvalue weighted by molar-refractivity contribution is 5.63. The molecule has 19 heavy (non-hydrogen) atoms. The molecule has 0 unspecified atom stereocenters. The number of nitrogens with one attached hydrogen (secondary N) is 1. The van der Waals surface area contributed by atoms with Crippen molar-refractivity contribution in [2.45, 2.75) is 13.5 Å². The number of aryl methyl sites for hydroxylation is 1. The molecule has 0 amide bonds. The molecule has 98 valence electrons. The summed E-state index contributed by atoms with van der Waals surface area (Å²) < 4.78 is 0. The molecule has 7 nitrogen and oxygen atoms in total. The van der Waals surface area contributed by atoms with Gasteiger partial charge in [-0.25, -0.2) is 9.97 Å². The molecule has 0 saturated heterocycles. The molecule has 0 aliphatic rings. The van der Waals surface area contributed by atoms with E-state index in [2.05, 4.69) is 15.3 Å². The second-order valence-electron chi connectivity index (χ2n) is 3.91. The van der Waals surface area contributed by atoms with E-state index in [1.807, 2.05) is 0 Å². The van der Waals surface area contributed by atoms with Gasteiger partial charge in [0.1, 0.15) is 17.3 Å². The van der Waals surface area contributed by atoms with Crippen LogP contribution >= 0.6 is 0 Å². The van der Waals surface area contributed by atoms with Gasteiger partial charge in [-0.15, -0.1) is 0 Å². The lowest BCUT2D eigenvalue weighted by atomic mass is 10.2. The van der Waals surface area contributed by atoms with E-state index in [4.69, 9.17) is 0 Å². The number of phenols is 1. The number of nitro benzene ring substituents is 1. The van der Waals surface area contributed by atoms with Crippen LogP contribution in [0.4, 0.5) is 11.4 Å². The SMILES string of the molecule is Cc1nccc(CNc2ccc(O)cc2[N+](=O)[O-])n1. The van der Waals surface area contributed by atoms with E-state index >= 15 is 0 Å². The molecule has 7 heteroatoms. The van der Waals surface area contributed by atoms with Crippen LogP contribution in [-0.4, -0.2) is 20.0 Å². The summed E-state index contributed by atoms with van der Waals surface area (Å²) in [5.41, 5.74) is 0.889. The van der Waals surface area contributed by atoms with Crippen LogP contribution in [0.3, 0.4) is 0 Å². The van der Waals surface area contributed by atoms with Crippen molar-refractivity contribution in [1.29, 1.82) is 0 Å². The summed E-state index contributed by atoms with van der Waals surface area (Å²) in [5, 5.41) is 23.0. The maximum Gasteiger partial charge on any atom is 0.296 e. The van der Waals surface area contributed by atoms with E-state index in [-0.39, 0.29) is 11.4 Å². The lowest BCUT2D eigenvalue weighted by molar-refractivity contribution is -0.384. The first-order valence-corrected chi connectivity index (χ1v) is 5.56. The predicted molar refractivity (Wildman–Crippen MR) is 68.9 cm³/mol. The van der Waals surface area contributed by atoms with Gasteiger partial charge in [-0.2, -0.15) is 0 Å². The van der Waals surface area contributed by atoms with E-state index < -0.39 is 4.92 Å². The van der Waals surface area contributed by atoms with Crippen molar-refractivity contribution in [2.24, 2.45) is 0 Å². The van der Waals surface area contributed by atoms with Crippen molar-refractivity contribution in [3.8, 4) is 5.75 Å². The Morgan fingerprint density at radius 1 is 1.42 bits per heavy atom. The van der Waals surface area contributed by atoms with Crippen LogP contribution in [0.15, 0.2) is 30.5 Å². The summed E-state index contributed by atoms with van der Waals surface area (Å²) in [6.45, 7) is 2.11. The van der Waals surface area contributed by atoms with Crippen molar-refractivity contribution in [3.05, 3.63) is 52.1 Å². The van der Waals surface area contributed by atoms with Crippen LogP contribution in [0.5, 0.6) is 5.75 Å². The van der Waals surface area contributed by atoms with Gasteiger partial charge in [0.15, 0.2) is 0 Å². The van der Waals surface area contributed by atoms with Gasteiger partial charge < -0.3 is 10.4 Å². The highest BCUT2D eigenvalue weighted by Gasteiger charge is 2.14. The summed E-state index contributed by atoms with van der Waals surface area (Å²) in [6, 6.07) is 5.68. The first-order valence-electron chi connectivity index (χ1n) is 5.56. The van der Waals surface area contributed by atoms with E-state index in [9.17, 15) is 15.2 Å². The molecule has 0 atom stereocenters. The second-order valence-corrected chi connectivity index (χ2v) is 3.91. The molecule has 0 aliphatic carbocycles. The van der Waals surface area contributed by atoms with Crippen LogP contribution in [0.1, 0.15) is 11.5 Å². The van der Waals surface area contributed by atoms with Crippen LogP contribution in [-0.2, 0) is 6.54 Å². The van der Waals surface area contributed by atoms with Crippen LogP contribution in [0, 0.1) is 17.0 Å². The molecule has 0 spiro atoms. The molecule has 0 radical (unpaired) electrons. The Bertz CT molecular complexity index is 616. The minimum atomic E-state index is -0.548. The molecule has 0 bridgehead atoms. The molecule has 0 aliphatic heterocycles. The number of anilines is 1. The number of benzene rings is 1. The first-order chi connectivity index (χ1) is 9.06. The molecule has 2 aromatic rings. The second kappa shape index (κ2) is 5.30. The molecule has 0 fully saturated rings. The van der Waals surface area contributed by atoms with Gasteiger partial charge in [0.25, 0.3) is 5.69 Å². The molecule has 2 rings (SSSR count). The van der Waals surface area contributed by atoms with Crippen molar-refractivity contribution >= 4 is 11.4 Å². The fraction of sp³-hybridized carbons (Fsp3) is 0.167. The molecule has 0 saturated carbocycles. The molecule has 1 heterocycles. The van der Waals surface area contributed by atoms with Crippen LogP contribution < -0.4 is 5.32 Å². The maximum absolute atomic E-state index is 10.9. The standard InChI is InChI=1S/C12H12N4O3/c1-8-13-5-4-9(15-8)7-14-11-3-2-10(17)6-12(11)16(18)19/h2-6,14,17H,7H2,1H3. The zero-order valence-corrected chi connectivity index (χ0v) is 10.2. The smallest absolute Gasteiger partial charge is 0.296 e. The fourth-order valence-corrected chi connectivity index (χ4v) is 1.61. The average Bonchev–Trinajstić information content (AvgIpc) is 2.37. The van der Waals surface area contributed by atoms with Gasteiger partial charge >= 0.3 is 0 Å². The van der Waals surface area contributed by atoms with Crippen molar-refractivity contribution in [1.82, 2.24) is 9.97 Å². The van der Waals surface area contributed by atoms with Gasteiger partial charge in [0.2, 0.25) is 0 Å². The third kappa shape index (κ3) is 3.15. The van der Waals surface area contributed by atoms with Gasteiger partial charge in [0.05, 0.1) is 23.2 Å². The third-order valence-electron chi connectivity index (χ3n) is 2.47. The minimum absolute atomic E-state index is 0.143. The van der Waals surface area contributed by atoms with Crippen molar-refractivity contribution < 1.29 is 10.0 Å². The Morgan fingerprint density at radius 3 is 2.89 bits per heavy atom. The Balaban J connectivity index is 2.17. The molecule has 2 N–H and O–H groups in total. The number of nitro groups is 1. The Morgan fingerprint density at radius 2 is 2.21 bits per heavy atom. The third-order valence-corrected chi connectivity index (χ3v) is 2.47. The monoisotopic (exact) mass is 260 g/mol. The topological polar surface area (TPSA) is 101 Å². The number of rotatable bonds is 4. The van der Waals surface area contributed by atoms with Gasteiger partial charge in [-0.05, 0) is 25.1 Å². The molecule has 1 aromatic heterocycles. The predicted octanol–water partition coefficient (Wildman–Crippen LogP) is 2.01. The fourth-order valence-electron chi connectivity index (χ4n) is 1.61. The summed E-state index contributed by atoms with van der Waals surface area (Å²) in [7, 11) is 0. The van der Waals surface area contributed by atoms with Gasteiger partial charge in [0, 0.05) is 6.20 Å². The van der Waals surface area contributed by atoms with Crippen LogP contribution in [0.25, 0.3) is 0 Å². The number of hydrogen-bond donors (Lipinski definition) is 2. The zero-order chi connectivity index (χ0) is 13.8. The average molecular weight is 260 g/mol. The molecular weight excluding hydrogens is 248 g/mol. The van der Waals surface area contributed by atoms with Gasteiger partial charge in [-0.1, -0.05) is 0 Å². The summed E-state index contributed by atoms with van der Waals surface area (Å²) in [6.07, 6.45) is 1.63. The lowest BCUT2D eigenvalue weighted by Crippen LogP contribution is -2.05. The van der Waals surface area contributed by atoms with Crippen molar-refractivity contribution in [3.63, 3.8) is 0 Å².